The number of nitrogens with zero attached hydrogens (tertiary/aromatic N) is 1. The zero-order chi connectivity index (χ0) is 13.1. The number of para-hydroxylation sites is 1. The first kappa shape index (κ1) is 14.6. The van der Waals surface area contributed by atoms with Crippen molar-refractivity contribution in [3.8, 4) is 0 Å². The van der Waals surface area contributed by atoms with Crippen LogP contribution in [0.2, 0.25) is 0 Å². The summed E-state index contributed by atoms with van der Waals surface area (Å²) in [5.74, 6) is 0.645. The van der Waals surface area contributed by atoms with E-state index in [4.69, 9.17) is 0 Å². The second-order valence-corrected chi connectivity index (χ2v) is 6.53. The molecule has 0 spiro atoms. The summed E-state index contributed by atoms with van der Waals surface area (Å²) in [5, 5.41) is 1.05. The predicted octanol–water partition coefficient (Wildman–Crippen LogP) is 4.49. The number of aryl methyl sites for hydroxylation is 1. The van der Waals surface area contributed by atoms with Crippen LogP contribution in [0.4, 0.5) is 5.69 Å². The van der Waals surface area contributed by atoms with Crippen LogP contribution in [0.25, 0.3) is 0 Å². The van der Waals surface area contributed by atoms with Gasteiger partial charge in [0.05, 0.1) is 0 Å². The van der Waals surface area contributed by atoms with Gasteiger partial charge in [-0.1, -0.05) is 54.9 Å². The first-order valence-corrected chi connectivity index (χ1v) is 7.31. The van der Waals surface area contributed by atoms with Gasteiger partial charge in [0.1, 0.15) is 0 Å². The highest BCUT2D eigenvalue weighted by molar-refractivity contribution is 9.09. The van der Waals surface area contributed by atoms with Crippen LogP contribution in [-0.4, -0.2) is 18.9 Å². The van der Waals surface area contributed by atoms with Crippen LogP contribution >= 0.6 is 15.9 Å². The molecule has 1 aromatic carbocycles. The summed E-state index contributed by atoms with van der Waals surface area (Å²) in [7, 11) is 2.18. The van der Waals surface area contributed by atoms with Crippen LogP contribution in [0, 0.1) is 18.3 Å². The lowest BCUT2D eigenvalue weighted by Crippen LogP contribution is -2.34. The van der Waals surface area contributed by atoms with Crippen molar-refractivity contribution >= 4 is 21.6 Å². The Morgan fingerprint density at radius 3 is 2.29 bits per heavy atom. The SMILES string of the molecule is Cc1ccccc1N(C)CC(CBr)C(C)(C)C. The van der Waals surface area contributed by atoms with Crippen molar-refractivity contribution in [3.05, 3.63) is 29.8 Å². The maximum atomic E-state index is 3.64. The monoisotopic (exact) mass is 297 g/mol. The van der Waals surface area contributed by atoms with Crippen LogP contribution in [0.1, 0.15) is 26.3 Å². The molecule has 17 heavy (non-hydrogen) atoms. The van der Waals surface area contributed by atoms with Gasteiger partial charge in [0, 0.05) is 24.6 Å². The van der Waals surface area contributed by atoms with Crippen LogP contribution in [0.5, 0.6) is 0 Å². The molecule has 0 radical (unpaired) electrons. The maximum Gasteiger partial charge on any atom is 0.0393 e. The Kier molecular flexibility index (Phi) is 5.05. The number of benzene rings is 1. The number of rotatable bonds is 4. The van der Waals surface area contributed by atoms with Gasteiger partial charge < -0.3 is 4.90 Å². The summed E-state index contributed by atoms with van der Waals surface area (Å²) < 4.78 is 0. The Morgan fingerprint density at radius 2 is 1.82 bits per heavy atom. The molecule has 0 amide bonds. The molecule has 0 saturated heterocycles. The van der Waals surface area contributed by atoms with Crippen LogP contribution in [-0.2, 0) is 0 Å². The summed E-state index contributed by atoms with van der Waals surface area (Å²) in [5.41, 5.74) is 3.01. The highest BCUT2D eigenvalue weighted by Crippen LogP contribution is 2.30. The summed E-state index contributed by atoms with van der Waals surface area (Å²) >= 11 is 3.64. The third kappa shape index (κ3) is 4.02. The Morgan fingerprint density at radius 1 is 1.24 bits per heavy atom. The Balaban J connectivity index is 2.78. The van der Waals surface area contributed by atoms with Gasteiger partial charge in [0.2, 0.25) is 0 Å². The standard InChI is InChI=1S/C15H24BrN/c1-12-8-6-7-9-14(12)17(5)11-13(10-16)15(2,3)4/h6-9,13H,10-11H2,1-5H3. The second-order valence-electron chi connectivity index (χ2n) is 5.88. The molecule has 1 nitrogen and oxygen atoms in total. The van der Waals surface area contributed by atoms with Crippen LogP contribution in [0.3, 0.4) is 0 Å². The molecule has 0 aliphatic heterocycles. The third-order valence-electron chi connectivity index (χ3n) is 3.43. The zero-order valence-corrected chi connectivity index (χ0v) is 13.2. The van der Waals surface area contributed by atoms with E-state index in [0.29, 0.717) is 11.3 Å². The molecule has 0 aliphatic rings. The van der Waals surface area contributed by atoms with E-state index >= 15 is 0 Å². The minimum Gasteiger partial charge on any atom is -0.374 e. The van der Waals surface area contributed by atoms with Crippen molar-refractivity contribution in [2.24, 2.45) is 11.3 Å². The van der Waals surface area contributed by atoms with Crippen LogP contribution < -0.4 is 4.90 Å². The van der Waals surface area contributed by atoms with E-state index < -0.39 is 0 Å². The lowest BCUT2D eigenvalue weighted by atomic mass is 9.82. The number of alkyl halides is 1. The Labute approximate surface area is 114 Å². The lowest BCUT2D eigenvalue weighted by Gasteiger charge is -2.34. The van der Waals surface area contributed by atoms with E-state index in [0.717, 1.165) is 11.9 Å². The first-order valence-electron chi connectivity index (χ1n) is 6.19. The van der Waals surface area contributed by atoms with Gasteiger partial charge in [-0.2, -0.15) is 0 Å². The summed E-state index contributed by atoms with van der Waals surface area (Å²) in [6.45, 7) is 10.2. The Bertz CT molecular complexity index is 354. The van der Waals surface area contributed by atoms with Gasteiger partial charge in [-0.05, 0) is 29.9 Å². The molecule has 0 aromatic heterocycles. The van der Waals surface area contributed by atoms with E-state index in [1.54, 1.807) is 0 Å². The molecule has 0 N–H and O–H groups in total. The van der Waals surface area contributed by atoms with Gasteiger partial charge in [-0.15, -0.1) is 0 Å². The van der Waals surface area contributed by atoms with E-state index in [2.05, 4.69) is 79.8 Å². The summed E-state index contributed by atoms with van der Waals surface area (Å²) in [6.07, 6.45) is 0. The Hall–Kier alpha value is -0.500. The van der Waals surface area contributed by atoms with E-state index in [9.17, 15) is 0 Å². The summed E-state index contributed by atoms with van der Waals surface area (Å²) in [6, 6.07) is 8.58. The number of hydrogen-bond acceptors (Lipinski definition) is 1. The maximum absolute atomic E-state index is 3.64. The van der Waals surface area contributed by atoms with Gasteiger partial charge in [0.25, 0.3) is 0 Å². The van der Waals surface area contributed by atoms with Gasteiger partial charge in [-0.3, -0.25) is 0 Å². The molecule has 1 rings (SSSR count). The van der Waals surface area contributed by atoms with Crippen molar-refractivity contribution in [3.63, 3.8) is 0 Å². The molecule has 1 unspecified atom stereocenters. The topological polar surface area (TPSA) is 3.24 Å². The minimum atomic E-state index is 0.334. The van der Waals surface area contributed by atoms with Gasteiger partial charge in [0.15, 0.2) is 0 Å². The van der Waals surface area contributed by atoms with Crippen molar-refractivity contribution in [2.45, 2.75) is 27.7 Å². The predicted molar refractivity (Wildman–Crippen MR) is 81.2 cm³/mol. The molecular formula is C15H24BrN. The second kappa shape index (κ2) is 5.90. The number of hydrogen-bond donors (Lipinski definition) is 0. The fraction of sp³-hybridized carbons (Fsp3) is 0.600. The molecule has 0 fully saturated rings. The fourth-order valence-corrected chi connectivity index (χ4v) is 3.15. The van der Waals surface area contributed by atoms with Crippen molar-refractivity contribution in [1.29, 1.82) is 0 Å². The molecule has 0 heterocycles. The lowest BCUT2D eigenvalue weighted by molar-refractivity contribution is 0.273. The quantitative estimate of drug-likeness (QED) is 0.740. The van der Waals surface area contributed by atoms with E-state index in [1.807, 2.05) is 0 Å². The van der Waals surface area contributed by atoms with Crippen molar-refractivity contribution in [2.75, 3.05) is 23.8 Å². The van der Waals surface area contributed by atoms with Crippen molar-refractivity contribution < 1.29 is 0 Å². The zero-order valence-electron chi connectivity index (χ0n) is 11.6. The minimum absolute atomic E-state index is 0.334. The largest absolute Gasteiger partial charge is 0.374 e. The molecule has 0 bridgehead atoms. The highest BCUT2D eigenvalue weighted by Gasteiger charge is 2.25. The molecule has 0 saturated carbocycles. The molecular weight excluding hydrogens is 274 g/mol. The molecule has 96 valence electrons. The van der Waals surface area contributed by atoms with Gasteiger partial charge >= 0.3 is 0 Å². The number of anilines is 1. The molecule has 0 aliphatic carbocycles. The average Bonchev–Trinajstić information content (AvgIpc) is 2.24. The average molecular weight is 298 g/mol. The van der Waals surface area contributed by atoms with Crippen molar-refractivity contribution in [1.82, 2.24) is 0 Å². The van der Waals surface area contributed by atoms with Gasteiger partial charge in [-0.25, -0.2) is 0 Å². The molecule has 2 heteroatoms. The number of halogens is 1. The molecule has 1 atom stereocenters. The summed E-state index contributed by atoms with van der Waals surface area (Å²) in [4.78, 5) is 2.37. The van der Waals surface area contributed by atoms with E-state index in [1.165, 1.54) is 11.3 Å². The molecule has 1 aromatic rings. The first-order chi connectivity index (χ1) is 7.86. The smallest absolute Gasteiger partial charge is 0.0393 e. The van der Waals surface area contributed by atoms with Crippen LogP contribution in [0.15, 0.2) is 24.3 Å². The normalized spacial score (nSPS) is 13.5. The fourth-order valence-electron chi connectivity index (χ4n) is 1.97. The highest BCUT2D eigenvalue weighted by atomic mass is 79.9. The van der Waals surface area contributed by atoms with E-state index in [-0.39, 0.29) is 0 Å². The third-order valence-corrected chi connectivity index (χ3v) is 4.21.